The minimum Gasteiger partial charge on any atom is -0.424 e. The molecule has 0 saturated carbocycles. The smallest absolute Gasteiger partial charge is 0.350 e. The van der Waals surface area contributed by atoms with Gasteiger partial charge in [-0.1, -0.05) is 65.7 Å². The molecule has 0 aromatic heterocycles. The lowest BCUT2D eigenvalue weighted by Crippen LogP contribution is -2.53. The first-order chi connectivity index (χ1) is 11.5. The number of alkyl halides is 2. The van der Waals surface area contributed by atoms with Crippen LogP contribution in [0.2, 0.25) is 0 Å². The Morgan fingerprint density at radius 1 is 1.08 bits per heavy atom. The molecule has 3 nitrogen and oxygen atoms in total. The molecule has 0 N–H and O–H groups in total. The molecule has 2 aliphatic rings. The average molecular weight is 360 g/mol. The molecule has 0 radical (unpaired) electrons. The lowest BCUT2D eigenvalue weighted by Gasteiger charge is -2.40. The number of anilines is 1. The number of esters is 1. The maximum absolute atomic E-state index is 12.5. The summed E-state index contributed by atoms with van der Waals surface area (Å²) in [6.07, 6.45) is 0.668. The van der Waals surface area contributed by atoms with E-state index in [-0.39, 0.29) is 0 Å². The summed E-state index contributed by atoms with van der Waals surface area (Å²) in [5.41, 5.74) is 3.93. The fraction of sp³-hybridized carbons (Fsp3) is 0.211. The Labute approximate surface area is 150 Å². The Kier molecular flexibility index (Phi) is 3.59. The zero-order valence-electron chi connectivity index (χ0n) is 13.0. The van der Waals surface area contributed by atoms with Crippen molar-refractivity contribution in [1.82, 2.24) is 0 Å². The molecule has 1 aliphatic carbocycles. The van der Waals surface area contributed by atoms with Gasteiger partial charge in [0.2, 0.25) is 4.33 Å². The number of benzene rings is 2. The first-order valence-electron chi connectivity index (χ1n) is 7.69. The highest BCUT2D eigenvalue weighted by atomic mass is 35.5. The molecule has 1 atom stereocenters. The number of hydrogen-bond acceptors (Lipinski definition) is 3. The Bertz CT molecular complexity index is 845. The molecule has 122 valence electrons. The number of ether oxygens (including phenoxy) is 1. The number of halogens is 2. The van der Waals surface area contributed by atoms with Crippen molar-refractivity contribution in [3.05, 3.63) is 71.3 Å². The number of fused-ring (bicyclic) bond motifs is 2. The number of para-hydroxylation sites is 1. The molecular formula is C19H15Cl2NO2. The van der Waals surface area contributed by atoms with Gasteiger partial charge in [0, 0.05) is 30.3 Å². The minimum absolute atomic E-state index is 0.494. The topological polar surface area (TPSA) is 29.5 Å². The molecule has 0 spiro atoms. The molecule has 0 fully saturated rings. The highest BCUT2D eigenvalue weighted by molar-refractivity contribution is 6.59. The second-order valence-corrected chi connectivity index (χ2v) is 7.44. The van der Waals surface area contributed by atoms with E-state index in [4.69, 9.17) is 27.9 Å². The molecule has 24 heavy (non-hydrogen) atoms. The summed E-state index contributed by atoms with van der Waals surface area (Å²) in [4.78, 5) is 14.4. The maximum Gasteiger partial charge on any atom is 0.350 e. The van der Waals surface area contributed by atoms with Gasteiger partial charge < -0.3 is 9.64 Å². The monoisotopic (exact) mass is 359 g/mol. The van der Waals surface area contributed by atoms with E-state index < -0.39 is 16.3 Å². The number of nitrogens with zero attached hydrogens (tertiary/aromatic N) is 1. The van der Waals surface area contributed by atoms with Crippen molar-refractivity contribution in [3.63, 3.8) is 0 Å². The predicted molar refractivity (Wildman–Crippen MR) is 96.2 cm³/mol. The number of likely N-dealkylation sites (N-methyl/N-ethyl adjacent to an activating group) is 1. The molecule has 2 aromatic rings. The fourth-order valence-corrected chi connectivity index (χ4v) is 4.11. The van der Waals surface area contributed by atoms with Gasteiger partial charge in [0.15, 0.2) is 0 Å². The van der Waals surface area contributed by atoms with Crippen LogP contribution >= 0.6 is 23.2 Å². The van der Waals surface area contributed by atoms with Crippen molar-refractivity contribution in [2.45, 2.75) is 16.8 Å². The van der Waals surface area contributed by atoms with Gasteiger partial charge in [0.05, 0.1) is 6.04 Å². The van der Waals surface area contributed by atoms with Gasteiger partial charge in [-0.15, -0.1) is 0 Å². The van der Waals surface area contributed by atoms with Crippen molar-refractivity contribution < 1.29 is 9.53 Å². The summed E-state index contributed by atoms with van der Waals surface area (Å²) in [5.74, 6) is -0.0330. The van der Waals surface area contributed by atoms with Crippen LogP contribution in [0.1, 0.15) is 11.1 Å². The summed E-state index contributed by atoms with van der Waals surface area (Å²) >= 11 is 12.9. The molecule has 1 heterocycles. The molecule has 1 unspecified atom stereocenters. The van der Waals surface area contributed by atoms with E-state index in [1.165, 1.54) is 0 Å². The lowest BCUT2D eigenvalue weighted by molar-refractivity contribution is -0.138. The van der Waals surface area contributed by atoms with Crippen molar-refractivity contribution in [3.8, 4) is 0 Å². The van der Waals surface area contributed by atoms with Gasteiger partial charge in [-0.05, 0) is 17.7 Å². The zero-order valence-corrected chi connectivity index (χ0v) is 14.5. The first-order valence-corrected chi connectivity index (χ1v) is 8.45. The molecule has 0 bridgehead atoms. The van der Waals surface area contributed by atoms with Crippen LogP contribution in [-0.2, 0) is 16.0 Å². The Hall–Kier alpha value is -1.97. The van der Waals surface area contributed by atoms with Crippen molar-refractivity contribution in [1.29, 1.82) is 0 Å². The van der Waals surface area contributed by atoms with Crippen LogP contribution in [0.5, 0.6) is 0 Å². The molecule has 0 saturated heterocycles. The van der Waals surface area contributed by atoms with Gasteiger partial charge in [0.1, 0.15) is 5.76 Å². The number of rotatable bonds is 2. The average Bonchev–Trinajstić information content (AvgIpc) is 2.93. The number of hydrogen-bond donors (Lipinski definition) is 0. The molecule has 1 aliphatic heterocycles. The van der Waals surface area contributed by atoms with Crippen LogP contribution in [0.3, 0.4) is 0 Å². The Morgan fingerprint density at radius 3 is 2.50 bits per heavy atom. The van der Waals surface area contributed by atoms with Gasteiger partial charge >= 0.3 is 5.97 Å². The van der Waals surface area contributed by atoms with E-state index >= 15 is 0 Å². The van der Waals surface area contributed by atoms with Gasteiger partial charge in [0.25, 0.3) is 0 Å². The van der Waals surface area contributed by atoms with E-state index in [1.54, 1.807) is 0 Å². The quantitative estimate of drug-likeness (QED) is 0.594. The SMILES string of the molecule is CN(c1ccccc1)C1C2=C(OC(=O)C1(Cl)Cl)c1ccccc1C2. The molecule has 5 heteroatoms. The van der Waals surface area contributed by atoms with Crippen molar-refractivity contribution >= 4 is 40.6 Å². The van der Waals surface area contributed by atoms with E-state index in [2.05, 4.69) is 0 Å². The summed E-state index contributed by atoms with van der Waals surface area (Å²) in [7, 11) is 1.89. The normalized spacial score (nSPS) is 21.1. The van der Waals surface area contributed by atoms with Crippen LogP contribution in [0.15, 0.2) is 60.2 Å². The molecular weight excluding hydrogens is 345 g/mol. The van der Waals surface area contributed by atoms with Gasteiger partial charge in [-0.3, -0.25) is 0 Å². The summed E-state index contributed by atoms with van der Waals surface area (Å²) < 4.78 is 3.86. The number of carbonyl (C=O) groups is 1. The highest BCUT2D eigenvalue weighted by Crippen LogP contribution is 2.48. The standard InChI is InChI=1S/C19H15Cl2NO2/c1-22(13-8-3-2-4-9-13)17-15-11-12-7-5-6-10-14(12)16(15)24-18(23)19(17,20)21/h2-10,17H,11H2,1H3. The van der Waals surface area contributed by atoms with Gasteiger partial charge in [-0.2, -0.15) is 0 Å². The Balaban J connectivity index is 1.84. The lowest BCUT2D eigenvalue weighted by atomic mass is 9.96. The first kappa shape index (κ1) is 15.6. The van der Waals surface area contributed by atoms with Crippen LogP contribution < -0.4 is 4.90 Å². The molecule has 2 aromatic carbocycles. The Morgan fingerprint density at radius 2 is 1.75 bits per heavy atom. The summed E-state index contributed by atoms with van der Waals surface area (Å²) in [6.45, 7) is 0. The second-order valence-electron chi connectivity index (χ2n) is 6.05. The number of carbonyl (C=O) groups excluding carboxylic acids is 1. The molecule has 0 amide bonds. The van der Waals surface area contributed by atoms with E-state index in [1.807, 2.05) is 66.5 Å². The maximum atomic E-state index is 12.5. The third kappa shape index (κ3) is 2.23. The van der Waals surface area contributed by atoms with E-state index in [9.17, 15) is 4.79 Å². The fourth-order valence-electron chi connectivity index (χ4n) is 3.48. The van der Waals surface area contributed by atoms with E-state index in [0.717, 1.165) is 22.4 Å². The second kappa shape index (κ2) is 5.54. The predicted octanol–water partition coefficient (Wildman–Crippen LogP) is 4.19. The van der Waals surface area contributed by atoms with Crippen LogP contribution in [0, 0.1) is 0 Å². The van der Waals surface area contributed by atoms with Gasteiger partial charge in [-0.25, -0.2) is 4.79 Å². The summed E-state index contributed by atoms with van der Waals surface area (Å²) in [5, 5.41) is 0. The third-order valence-electron chi connectivity index (χ3n) is 4.63. The summed E-state index contributed by atoms with van der Waals surface area (Å²) in [6, 6.07) is 17.2. The minimum atomic E-state index is -1.66. The molecule has 4 rings (SSSR count). The zero-order chi connectivity index (χ0) is 16.9. The van der Waals surface area contributed by atoms with Crippen LogP contribution in [-0.4, -0.2) is 23.4 Å². The third-order valence-corrected chi connectivity index (χ3v) is 5.35. The van der Waals surface area contributed by atoms with E-state index in [0.29, 0.717) is 12.2 Å². The van der Waals surface area contributed by atoms with Crippen molar-refractivity contribution in [2.75, 3.05) is 11.9 Å². The van der Waals surface area contributed by atoms with Crippen molar-refractivity contribution in [2.24, 2.45) is 0 Å². The highest BCUT2D eigenvalue weighted by Gasteiger charge is 2.54. The largest absolute Gasteiger partial charge is 0.424 e. The van der Waals surface area contributed by atoms with Crippen LogP contribution in [0.4, 0.5) is 5.69 Å². The van der Waals surface area contributed by atoms with Crippen LogP contribution in [0.25, 0.3) is 5.76 Å².